The molecule has 11 nitrogen and oxygen atoms in total. The van der Waals surface area contributed by atoms with Crippen LogP contribution in [0.5, 0.6) is 28.7 Å². The number of hydrogen-bond acceptors (Lipinski definition) is 10. The second-order valence-electron chi connectivity index (χ2n) is 19.7. The second-order valence-corrected chi connectivity index (χ2v) is 19.7. The highest BCUT2D eigenvalue weighted by Crippen LogP contribution is 2.62. The molecule has 0 spiro atoms. The van der Waals surface area contributed by atoms with E-state index < -0.39 is 17.7 Å². The Morgan fingerprint density at radius 2 is 1.48 bits per heavy atom. The van der Waals surface area contributed by atoms with Crippen molar-refractivity contribution in [2.75, 3.05) is 33.7 Å². The van der Waals surface area contributed by atoms with Gasteiger partial charge in [-0.25, -0.2) is 0 Å². The van der Waals surface area contributed by atoms with E-state index in [0.717, 1.165) is 78.5 Å². The summed E-state index contributed by atoms with van der Waals surface area (Å²) in [4.78, 5) is 23.0. The van der Waals surface area contributed by atoms with Gasteiger partial charge in [-0.15, -0.1) is 6.58 Å². The minimum atomic E-state index is -1.38. The van der Waals surface area contributed by atoms with Crippen LogP contribution in [0.1, 0.15) is 133 Å². The van der Waals surface area contributed by atoms with E-state index in [1.807, 2.05) is 65.6 Å². The van der Waals surface area contributed by atoms with E-state index >= 15 is 4.79 Å². The predicted molar refractivity (Wildman–Crippen MR) is 279 cm³/mol. The Bertz CT molecular complexity index is 2400. The largest absolute Gasteiger partial charge is 0.459 e. The molecule has 2 heterocycles. The average Bonchev–Trinajstić information content (AvgIpc) is 3.87. The van der Waals surface area contributed by atoms with E-state index in [2.05, 4.69) is 49.9 Å². The van der Waals surface area contributed by atoms with Crippen molar-refractivity contribution in [3.05, 3.63) is 126 Å². The molecule has 2 N–H and O–H groups in total. The monoisotopic (exact) mass is 969 g/mol. The number of nitrogens with zero attached hydrogens (tertiary/aromatic N) is 2. The van der Waals surface area contributed by atoms with Gasteiger partial charge in [0.15, 0.2) is 11.5 Å². The third kappa shape index (κ3) is 12.4. The molecule has 0 aromatic heterocycles. The third-order valence-electron chi connectivity index (χ3n) is 15.0. The Balaban J connectivity index is 1.22. The maximum atomic E-state index is 15.3. The summed E-state index contributed by atoms with van der Waals surface area (Å²) in [6.07, 6.45) is 19.9. The number of rotatable bonds is 28. The number of aliphatic hydroxyl groups is 2. The second kappa shape index (κ2) is 25.7. The highest BCUT2D eigenvalue weighted by Gasteiger charge is 2.65. The Morgan fingerprint density at radius 3 is 2.21 bits per heavy atom. The third-order valence-corrected chi connectivity index (χ3v) is 15.0. The van der Waals surface area contributed by atoms with Crippen molar-refractivity contribution in [1.82, 2.24) is 4.90 Å². The lowest BCUT2D eigenvalue weighted by Crippen LogP contribution is -2.70. The number of amides is 1. The van der Waals surface area contributed by atoms with E-state index in [9.17, 15) is 10.2 Å². The van der Waals surface area contributed by atoms with Crippen LogP contribution < -0.4 is 18.9 Å². The molecule has 380 valence electrons. The Kier molecular flexibility index (Phi) is 18.7. The zero-order chi connectivity index (χ0) is 49.4. The molecule has 4 aromatic carbocycles. The van der Waals surface area contributed by atoms with Gasteiger partial charge in [-0.05, 0) is 109 Å². The zero-order valence-electron chi connectivity index (χ0n) is 42.1. The summed E-state index contributed by atoms with van der Waals surface area (Å²) in [5.74, 6) is 1.61. The molecule has 71 heavy (non-hydrogen) atoms. The molecule has 1 saturated carbocycles. The number of fused-ring (bicyclic) bond motifs is 3. The summed E-state index contributed by atoms with van der Waals surface area (Å²) in [6, 6.07) is 29.8. The van der Waals surface area contributed by atoms with E-state index in [4.69, 9.17) is 33.7 Å². The number of unbranched alkanes of at least 4 members (excludes halogenated alkanes) is 10. The number of allylic oxidation sites excluding steroid dienone is 1. The van der Waals surface area contributed by atoms with Gasteiger partial charge in [-0.1, -0.05) is 137 Å². The maximum absolute atomic E-state index is 15.3. The normalized spacial score (nSPS) is 22.2. The molecule has 0 bridgehead atoms. The number of ether oxygens (including phenoxy) is 5. The Hall–Kier alpha value is -5.62. The topological polar surface area (TPSA) is 129 Å². The zero-order valence-corrected chi connectivity index (χ0v) is 42.1. The first kappa shape index (κ1) is 51.7. The molecule has 0 saturated heterocycles. The lowest BCUT2D eigenvalue weighted by molar-refractivity contribution is -0.258. The first-order valence-corrected chi connectivity index (χ1v) is 26.5. The minimum Gasteiger partial charge on any atom is -0.459 e. The summed E-state index contributed by atoms with van der Waals surface area (Å²) in [5.41, 5.74) is 5.89. The average molecular weight is 969 g/mol. The van der Waals surface area contributed by atoms with Gasteiger partial charge in [0.1, 0.15) is 30.4 Å². The van der Waals surface area contributed by atoms with Crippen LogP contribution in [0.2, 0.25) is 0 Å². The quantitative estimate of drug-likeness (QED) is 0.0325. The predicted octanol–water partition coefficient (Wildman–Crippen LogP) is 13.1. The van der Waals surface area contributed by atoms with Gasteiger partial charge in [0.25, 0.3) is 0 Å². The number of oxime groups is 1. The first-order valence-electron chi connectivity index (χ1n) is 26.5. The number of aliphatic hydroxyl groups excluding tert-OH is 2. The van der Waals surface area contributed by atoms with Gasteiger partial charge in [0.2, 0.25) is 18.5 Å². The summed E-state index contributed by atoms with van der Waals surface area (Å²) in [7, 11) is 1.58. The van der Waals surface area contributed by atoms with Crippen LogP contribution in [0.25, 0.3) is 11.1 Å². The number of hydrogen-bond donors (Lipinski definition) is 2. The highest BCUT2D eigenvalue weighted by molar-refractivity contribution is 6.03. The van der Waals surface area contributed by atoms with Crippen LogP contribution in [0.4, 0.5) is 0 Å². The van der Waals surface area contributed by atoms with E-state index in [1.54, 1.807) is 13.2 Å². The van der Waals surface area contributed by atoms with Crippen molar-refractivity contribution in [2.24, 2.45) is 22.9 Å². The Morgan fingerprint density at radius 1 is 0.789 bits per heavy atom. The van der Waals surface area contributed by atoms with Crippen molar-refractivity contribution in [2.45, 2.75) is 140 Å². The lowest BCUT2D eigenvalue weighted by Gasteiger charge is -2.60. The standard InChI is InChI=1S/C60H76N2O9/c1-4-6-7-8-9-10-11-12-16-25-57(65)62(41-43-26-32-54-55(37-43)68-42-67-54)56-40-52(61-66-3)50-38-46(23-17-19-34-63)49(24-18-20-35-64)58-51-39-48(31-33-53(51)71-60(56,59(50)58)69-36-5-2)70-47-29-27-45(28-30-47)44-21-14-13-15-22-44/h5,13-15,21-22,26-33,37-39,46,49,56,58-59,63-64H,2,4,6-12,16-20,23-25,34-36,40-42H2,1,3H3. The molecule has 4 aromatic rings. The van der Waals surface area contributed by atoms with E-state index in [0.29, 0.717) is 54.4 Å². The number of carbonyl (C=O) groups excluding carboxylic acids is 1. The minimum absolute atomic E-state index is 0.0200. The van der Waals surface area contributed by atoms with Gasteiger partial charge in [0.05, 0.1) is 18.2 Å². The van der Waals surface area contributed by atoms with Crippen LogP contribution in [-0.4, -0.2) is 72.3 Å². The smallest absolute Gasteiger partial charge is 0.239 e. The Labute approximate surface area is 421 Å². The van der Waals surface area contributed by atoms with Crippen molar-refractivity contribution in [3.63, 3.8) is 0 Å². The van der Waals surface area contributed by atoms with Crippen molar-refractivity contribution in [3.8, 4) is 39.9 Å². The van der Waals surface area contributed by atoms with Gasteiger partial charge in [-0.3, -0.25) is 4.79 Å². The molecule has 4 aliphatic rings. The maximum Gasteiger partial charge on any atom is 0.239 e. The summed E-state index contributed by atoms with van der Waals surface area (Å²) in [6.45, 7) is 7.20. The molecule has 8 rings (SSSR count). The SMILES string of the molecule is C=CCOC12Oc3ccc(Oc4ccc(-c5ccccc5)cc4)cc3C3C(CCCCO)C(CCCCO)C=C(C(=NOC)CC1N(Cc1ccc4c(c1)OCO4)C(=O)CCCCCCCCCCC)C32. The van der Waals surface area contributed by atoms with Crippen molar-refractivity contribution >= 4 is 11.6 Å². The number of carbonyl (C=O) groups is 1. The van der Waals surface area contributed by atoms with Crippen LogP contribution >= 0.6 is 0 Å². The fraction of sp³-hybridized carbons (Fsp3) is 0.500. The fourth-order valence-electron chi connectivity index (χ4n) is 11.6. The highest BCUT2D eigenvalue weighted by atomic mass is 16.7. The van der Waals surface area contributed by atoms with Gasteiger partial charge >= 0.3 is 0 Å². The summed E-state index contributed by atoms with van der Waals surface area (Å²) >= 11 is 0. The fourth-order valence-corrected chi connectivity index (χ4v) is 11.6. The lowest BCUT2D eigenvalue weighted by atomic mass is 9.55. The van der Waals surface area contributed by atoms with Gasteiger partial charge in [0, 0.05) is 44.1 Å². The molecule has 0 radical (unpaired) electrons. The van der Waals surface area contributed by atoms with Gasteiger partial charge < -0.3 is 43.6 Å². The van der Waals surface area contributed by atoms with Crippen molar-refractivity contribution in [1.29, 1.82) is 0 Å². The van der Waals surface area contributed by atoms with Gasteiger partial charge in [-0.2, -0.15) is 0 Å². The number of benzene rings is 4. The molecule has 11 heteroatoms. The van der Waals surface area contributed by atoms with Crippen molar-refractivity contribution < 1.29 is 43.5 Å². The van der Waals surface area contributed by atoms with Crippen LogP contribution in [0.3, 0.4) is 0 Å². The molecule has 2 aliphatic heterocycles. The molecule has 1 amide bonds. The molecule has 6 unspecified atom stereocenters. The van der Waals surface area contributed by atoms with E-state index in [1.165, 1.54) is 38.5 Å². The van der Waals surface area contributed by atoms with Crippen LogP contribution in [-0.2, 0) is 20.9 Å². The first-order chi connectivity index (χ1) is 34.9. The molecule has 1 fully saturated rings. The summed E-state index contributed by atoms with van der Waals surface area (Å²) in [5, 5.41) is 24.9. The molecular formula is C60H76N2O9. The molecule has 6 atom stereocenters. The molecular weight excluding hydrogens is 893 g/mol. The molecule has 2 aliphatic carbocycles. The van der Waals surface area contributed by atoms with Crippen LogP contribution in [0.15, 0.2) is 120 Å². The van der Waals surface area contributed by atoms with E-state index in [-0.39, 0.29) is 56.8 Å². The van der Waals surface area contributed by atoms with Crippen LogP contribution in [0, 0.1) is 17.8 Å². The summed E-state index contributed by atoms with van der Waals surface area (Å²) < 4.78 is 33.0.